The Bertz CT molecular complexity index is 1450. The molecule has 2 aliphatic rings. The summed E-state index contributed by atoms with van der Waals surface area (Å²) in [5.74, 6) is -1.98. The molecule has 0 radical (unpaired) electrons. The Morgan fingerprint density at radius 1 is 1.02 bits per heavy atom. The van der Waals surface area contributed by atoms with E-state index in [1.807, 2.05) is 92.4 Å². The van der Waals surface area contributed by atoms with Crippen LogP contribution in [0.1, 0.15) is 49.1 Å². The maximum Gasteiger partial charge on any atom is 0.239 e. The zero-order valence-electron chi connectivity index (χ0n) is 26.8. The topological polar surface area (TPSA) is 118 Å². The van der Waals surface area contributed by atoms with E-state index in [0.29, 0.717) is 32.6 Å². The Labute approximate surface area is 270 Å². The predicted octanol–water partition coefficient (Wildman–Crippen LogP) is 2.81. The zero-order chi connectivity index (χ0) is 32.8. The number of nitrogens with zero attached hydrogens (tertiary/aromatic N) is 3. The van der Waals surface area contributed by atoms with Crippen LogP contribution in [-0.2, 0) is 29.0 Å². The first-order valence-corrected chi connectivity index (χ1v) is 16.1. The van der Waals surface area contributed by atoms with Crippen molar-refractivity contribution >= 4 is 11.8 Å². The fourth-order valence-electron chi connectivity index (χ4n) is 6.53. The van der Waals surface area contributed by atoms with Crippen molar-refractivity contribution in [1.29, 1.82) is 0 Å². The number of carbonyl (C=O) groups excluding carboxylic acids is 2. The number of benzene rings is 2. The number of aliphatic hydroxyl groups is 2. The molecule has 2 heterocycles. The molecule has 1 aliphatic carbocycles. The summed E-state index contributed by atoms with van der Waals surface area (Å²) in [7, 11) is 0. The van der Waals surface area contributed by atoms with E-state index in [2.05, 4.69) is 20.5 Å². The Morgan fingerprint density at radius 2 is 1.74 bits per heavy atom. The van der Waals surface area contributed by atoms with Gasteiger partial charge in [-0.2, -0.15) is 0 Å². The van der Waals surface area contributed by atoms with Crippen LogP contribution in [0.25, 0.3) is 0 Å². The van der Waals surface area contributed by atoms with E-state index in [-0.39, 0.29) is 18.9 Å². The van der Waals surface area contributed by atoms with E-state index >= 15 is 4.39 Å². The molecule has 0 bridgehead atoms. The first-order valence-electron chi connectivity index (χ1n) is 16.1. The van der Waals surface area contributed by atoms with Crippen LogP contribution >= 0.6 is 0 Å². The highest BCUT2D eigenvalue weighted by molar-refractivity contribution is 5.83. The molecule has 1 aliphatic heterocycles. The number of halogens is 1. The lowest BCUT2D eigenvalue weighted by Gasteiger charge is -2.42. The first-order chi connectivity index (χ1) is 22.0. The van der Waals surface area contributed by atoms with Gasteiger partial charge in [-0.15, -0.1) is 0 Å². The lowest BCUT2D eigenvalue weighted by Crippen LogP contribution is -2.62. The molecule has 3 aromatic rings. The minimum atomic E-state index is -1.92. The van der Waals surface area contributed by atoms with Gasteiger partial charge in [0.25, 0.3) is 0 Å². The molecule has 0 spiro atoms. The van der Waals surface area contributed by atoms with Crippen LogP contribution < -0.4 is 10.6 Å². The van der Waals surface area contributed by atoms with Crippen molar-refractivity contribution in [2.75, 3.05) is 26.2 Å². The van der Waals surface area contributed by atoms with E-state index in [9.17, 15) is 19.8 Å². The summed E-state index contributed by atoms with van der Waals surface area (Å²) in [6.07, 6.45) is -0.292. The van der Waals surface area contributed by atoms with Crippen molar-refractivity contribution in [3.8, 4) is 0 Å². The number of rotatable bonds is 11. The maximum absolute atomic E-state index is 16.5. The van der Waals surface area contributed by atoms with Gasteiger partial charge < -0.3 is 20.8 Å². The van der Waals surface area contributed by atoms with Crippen molar-refractivity contribution in [1.82, 2.24) is 25.4 Å². The highest BCUT2D eigenvalue weighted by Crippen LogP contribution is 2.32. The van der Waals surface area contributed by atoms with Gasteiger partial charge in [0.1, 0.15) is 12.2 Å². The summed E-state index contributed by atoms with van der Waals surface area (Å²) in [5, 5.41) is 28.1. The second-order valence-corrected chi connectivity index (χ2v) is 13.6. The molecule has 4 N–H and O–H groups in total. The summed E-state index contributed by atoms with van der Waals surface area (Å²) in [6, 6.07) is 19.2. The highest BCUT2D eigenvalue weighted by Gasteiger charge is 2.41. The molecule has 46 heavy (non-hydrogen) atoms. The van der Waals surface area contributed by atoms with E-state index in [1.54, 1.807) is 12.4 Å². The molecule has 6 atom stereocenters. The molecule has 2 amide bonds. The number of pyridine rings is 1. The van der Waals surface area contributed by atoms with Crippen LogP contribution in [-0.4, -0.2) is 93.0 Å². The molecule has 0 unspecified atom stereocenters. The Balaban J connectivity index is 1.32. The van der Waals surface area contributed by atoms with Gasteiger partial charge in [-0.25, -0.2) is 4.39 Å². The monoisotopic (exact) mass is 631 g/mol. The number of aromatic nitrogens is 1. The largest absolute Gasteiger partial charge is 0.390 e. The average Bonchev–Trinajstić information content (AvgIpc) is 3.34. The smallest absolute Gasteiger partial charge is 0.239 e. The maximum atomic E-state index is 16.5. The third kappa shape index (κ3) is 8.55. The zero-order valence-corrected chi connectivity index (χ0v) is 26.8. The Hall–Kier alpha value is -3.70. The van der Waals surface area contributed by atoms with Crippen molar-refractivity contribution in [3.63, 3.8) is 0 Å². The highest BCUT2D eigenvalue weighted by atomic mass is 19.1. The molecule has 1 aromatic heterocycles. The van der Waals surface area contributed by atoms with Crippen molar-refractivity contribution in [3.05, 3.63) is 101 Å². The van der Waals surface area contributed by atoms with Crippen LogP contribution in [0, 0.1) is 5.92 Å². The van der Waals surface area contributed by atoms with E-state index < -0.39 is 47.8 Å². The minimum Gasteiger partial charge on any atom is -0.390 e. The lowest BCUT2D eigenvalue weighted by molar-refractivity contribution is -0.135. The van der Waals surface area contributed by atoms with Crippen molar-refractivity contribution in [2.45, 2.75) is 76.2 Å². The van der Waals surface area contributed by atoms with Gasteiger partial charge >= 0.3 is 0 Å². The molecule has 0 saturated carbocycles. The van der Waals surface area contributed by atoms with Gasteiger partial charge in [0.2, 0.25) is 11.8 Å². The van der Waals surface area contributed by atoms with Gasteiger partial charge in [-0.3, -0.25) is 24.4 Å². The summed E-state index contributed by atoms with van der Waals surface area (Å²) < 4.78 is 16.5. The number of amides is 2. The van der Waals surface area contributed by atoms with Crippen molar-refractivity contribution < 1.29 is 24.2 Å². The van der Waals surface area contributed by atoms with Gasteiger partial charge in [0.15, 0.2) is 0 Å². The van der Waals surface area contributed by atoms with E-state index in [0.717, 1.165) is 22.3 Å². The molecule has 10 heteroatoms. The third-order valence-corrected chi connectivity index (χ3v) is 8.82. The molecule has 1 saturated heterocycles. The minimum absolute atomic E-state index is 0.0716. The number of carbonyl (C=O) groups is 2. The molecule has 1 fully saturated rings. The fraction of sp³-hybridized carbons (Fsp3) is 0.472. The lowest BCUT2D eigenvalue weighted by atomic mass is 9.90. The number of alkyl halides is 1. The van der Waals surface area contributed by atoms with Crippen LogP contribution in [0.5, 0.6) is 0 Å². The number of hydrogen-bond acceptors (Lipinski definition) is 7. The van der Waals surface area contributed by atoms with Crippen LogP contribution in [0.4, 0.5) is 4.39 Å². The summed E-state index contributed by atoms with van der Waals surface area (Å²) in [5.41, 5.74) is 3.07. The summed E-state index contributed by atoms with van der Waals surface area (Å²) >= 11 is 0. The molecule has 246 valence electrons. The van der Waals surface area contributed by atoms with E-state index in [4.69, 9.17) is 0 Å². The molecule has 5 rings (SSSR count). The second kappa shape index (κ2) is 14.8. The second-order valence-electron chi connectivity index (χ2n) is 13.6. The number of β-amino-alcohol motifs (C(OH)–C–C–N with tert-alkyl or cyclic N) is 1. The predicted molar refractivity (Wildman–Crippen MR) is 174 cm³/mol. The third-order valence-electron chi connectivity index (χ3n) is 8.82. The van der Waals surface area contributed by atoms with Gasteiger partial charge in [-0.1, -0.05) is 60.7 Å². The molecular weight excluding hydrogens is 585 g/mol. The first kappa shape index (κ1) is 33.7. The Morgan fingerprint density at radius 3 is 2.46 bits per heavy atom. The van der Waals surface area contributed by atoms with Crippen LogP contribution in [0.15, 0.2) is 79.1 Å². The number of fused-ring (bicyclic) bond motifs is 1. The van der Waals surface area contributed by atoms with Crippen molar-refractivity contribution in [2.24, 2.45) is 5.92 Å². The van der Waals surface area contributed by atoms with Gasteiger partial charge in [0, 0.05) is 57.1 Å². The van der Waals surface area contributed by atoms with E-state index in [1.165, 1.54) is 0 Å². The Kier molecular flexibility index (Phi) is 10.8. The average molecular weight is 632 g/mol. The fourth-order valence-corrected chi connectivity index (χ4v) is 6.53. The summed E-state index contributed by atoms with van der Waals surface area (Å²) in [4.78, 5) is 35.5. The number of aliphatic hydroxyl groups excluding tert-OH is 2. The normalized spacial score (nSPS) is 22.4. The SMILES string of the molecule is CC(C)(C)NC(=O)[C@@H]1CN(Cc2cccnc2)CCN1C[C@@H](O)[C@H](F)[C@@H](Cc1ccccc1)C(=O)N[C@H]1c2ccccc2C[C@H]1O. The van der Waals surface area contributed by atoms with Crippen LogP contribution in [0.2, 0.25) is 0 Å². The van der Waals surface area contributed by atoms with Crippen LogP contribution in [0.3, 0.4) is 0 Å². The number of hydrogen-bond donors (Lipinski definition) is 4. The molecule has 2 aromatic carbocycles. The number of piperazine rings is 1. The van der Waals surface area contributed by atoms with Gasteiger partial charge in [-0.05, 0) is 55.5 Å². The summed E-state index contributed by atoms with van der Waals surface area (Å²) in [6.45, 7) is 7.67. The standard InChI is InChI=1S/C36H46FN5O4/c1-36(2,3)40-35(46)29-22-41(21-25-12-9-15-38-20-25)16-17-42(29)23-31(44)32(37)28(18-24-10-5-4-6-11-24)34(45)39-33-27-14-8-7-13-26(27)19-30(33)43/h4-15,20,28-33,43-44H,16-19,21-23H2,1-3H3,(H,39,45)(H,40,46)/t28-,29+,30-,31-,32-,33+/m1/s1. The molecular formula is C36H46FN5O4. The number of nitrogens with one attached hydrogen (secondary N) is 2. The van der Waals surface area contributed by atoms with Gasteiger partial charge in [0.05, 0.1) is 24.2 Å². The quantitative estimate of drug-likeness (QED) is 0.257. The molecule has 9 nitrogen and oxygen atoms in total.